The predicted molar refractivity (Wildman–Crippen MR) is 166 cm³/mol. The molecule has 44 heavy (non-hydrogen) atoms. The number of aromatic nitrogens is 1. The minimum absolute atomic E-state index is 0.182. The first-order valence-corrected chi connectivity index (χ1v) is 15.9. The molecule has 5 N–H and O–H groups in total. The molecule has 5 rings (SSSR count). The highest BCUT2D eigenvalue weighted by Crippen LogP contribution is 2.40. The number of para-hydroxylation sites is 1. The van der Waals surface area contributed by atoms with Crippen LogP contribution in [0.5, 0.6) is 0 Å². The van der Waals surface area contributed by atoms with Crippen molar-refractivity contribution in [1.82, 2.24) is 15.4 Å². The molecular weight excluding hydrogens is 581 g/mol. The summed E-state index contributed by atoms with van der Waals surface area (Å²) < 4.78 is 16.4. The highest BCUT2D eigenvalue weighted by molar-refractivity contribution is 7.46. The first kappa shape index (κ1) is 31.6. The zero-order valence-corrected chi connectivity index (χ0v) is 25.4. The van der Waals surface area contributed by atoms with Crippen LogP contribution < -0.4 is 5.32 Å². The summed E-state index contributed by atoms with van der Waals surface area (Å²) in [4.78, 5) is 41.7. The molecule has 230 valence electrons. The molecule has 0 saturated carbocycles. The molecule has 1 aliphatic heterocycles. The average Bonchev–Trinajstić information content (AvgIpc) is 3.57. The van der Waals surface area contributed by atoms with Gasteiger partial charge in [0, 0.05) is 40.7 Å². The van der Waals surface area contributed by atoms with E-state index < -0.39 is 44.5 Å². The molecular formula is C33H36N3O7P. The summed E-state index contributed by atoms with van der Waals surface area (Å²) in [5.74, 6) is 5.05. The van der Waals surface area contributed by atoms with Crippen LogP contribution in [-0.4, -0.2) is 62.2 Å². The van der Waals surface area contributed by atoms with Gasteiger partial charge in [-0.2, -0.15) is 5.06 Å². The number of nitrogens with zero attached hydrogens (tertiary/aromatic N) is 1. The largest absolute Gasteiger partial charge is 0.469 e. The number of aromatic amines is 1. The number of hydroxylamine groups is 2. The molecule has 0 radical (unpaired) electrons. The van der Waals surface area contributed by atoms with Gasteiger partial charge in [0.25, 0.3) is 0 Å². The highest BCUT2D eigenvalue weighted by atomic mass is 31.2. The number of H-pyrrole nitrogens is 1. The quantitative estimate of drug-likeness (QED) is 0.134. The summed E-state index contributed by atoms with van der Waals surface area (Å²) in [7, 11) is -4.84. The Morgan fingerprint density at radius 2 is 1.73 bits per heavy atom. The first-order valence-electron chi connectivity index (χ1n) is 14.4. The Morgan fingerprint density at radius 3 is 2.39 bits per heavy atom. The Bertz CT molecular complexity index is 1690. The van der Waals surface area contributed by atoms with E-state index >= 15 is 0 Å². The second kappa shape index (κ2) is 13.9. The van der Waals surface area contributed by atoms with Gasteiger partial charge in [0.15, 0.2) is 0 Å². The maximum Gasteiger partial charge on any atom is 0.469 e. The van der Waals surface area contributed by atoms with E-state index in [0.29, 0.717) is 13.0 Å². The molecule has 0 aliphatic carbocycles. The molecule has 2 heterocycles. The van der Waals surface area contributed by atoms with Crippen LogP contribution in [0.3, 0.4) is 0 Å². The standard InChI is InChI=1S/C33H36N3O7P/c1-22-7-9-24(10-8-22)11-12-25-13-15-26(16-14-25)20-36-31(29(21-42-44(39,40)41)32(43-36)23(2)37)33(38)34-18-17-27-19-35-30-6-4-3-5-28(27)30/h3-10,13-16,19,23,29,31-32,35,37H,17-18,20-21H2,1-2H3,(H,34,38)(H2,39,40,41)/t23?,29-,31-,32-/m0/s1. The minimum Gasteiger partial charge on any atom is -0.391 e. The van der Waals surface area contributed by atoms with Crippen LogP contribution in [0.2, 0.25) is 0 Å². The molecule has 1 aliphatic rings. The predicted octanol–water partition coefficient (Wildman–Crippen LogP) is 3.83. The molecule has 3 aromatic carbocycles. The van der Waals surface area contributed by atoms with Crippen molar-refractivity contribution < 1.29 is 33.6 Å². The van der Waals surface area contributed by atoms with Gasteiger partial charge in [-0.1, -0.05) is 59.9 Å². The van der Waals surface area contributed by atoms with Gasteiger partial charge in [0.1, 0.15) is 12.1 Å². The Kier molecular flexibility index (Phi) is 9.99. The van der Waals surface area contributed by atoms with Gasteiger partial charge in [-0.25, -0.2) is 4.57 Å². The molecule has 4 atom stereocenters. The van der Waals surface area contributed by atoms with Gasteiger partial charge in [-0.15, -0.1) is 0 Å². The molecule has 11 heteroatoms. The number of rotatable bonds is 10. The van der Waals surface area contributed by atoms with Gasteiger partial charge >= 0.3 is 7.82 Å². The summed E-state index contributed by atoms with van der Waals surface area (Å²) in [6.07, 6.45) is 0.520. The van der Waals surface area contributed by atoms with Crippen molar-refractivity contribution in [3.63, 3.8) is 0 Å². The Balaban J connectivity index is 1.31. The summed E-state index contributed by atoms with van der Waals surface area (Å²) >= 11 is 0. The monoisotopic (exact) mass is 617 g/mol. The lowest BCUT2D eigenvalue weighted by Crippen LogP contribution is -2.48. The van der Waals surface area contributed by atoms with Crippen molar-refractivity contribution in [2.45, 2.75) is 45.1 Å². The van der Waals surface area contributed by atoms with Crippen LogP contribution >= 0.6 is 7.82 Å². The molecule has 0 spiro atoms. The molecule has 1 fully saturated rings. The van der Waals surface area contributed by atoms with E-state index in [4.69, 9.17) is 9.36 Å². The molecule has 1 aromatic heterocycles. The van der Waals surface area contributed by atoms with E-state index in [1.165, 1.54) is 17.6 Å². The van der Waals surface area contributed by atoms with E-state index in [1.54, 1.807) is 0 Å². The lowest BCUT2D eigenvalue weighted by molar-refractivity contribution is -0.192. The van der Waals surface area contributed by atoms with Gasteiger partial charge in [0.2, 0.25) is 5.91 Å². The number of hydrogen-bond acceptors (Lipinski definition) is 6. The number of benzene rings is 3. The maximum absolute atomic E-state index is 13.6. The van der Waals surface area contributed by atoms with Crippen molar-refractivity contribution in [3.05, 3.63) is 107 Å². The van der Waals surface area contributed by atoms with Crippen molar-refractivity contribution in [1.29, 1.82) is 0 Å². The van der Waals surface area contributed by atoms with E-state index in [-0.39, 0.29) is 6.54 Å². The van der Waals surface area contributed by atoms with Crippen molar-refractivity contribution in [2.75, 3.05) is 13.2 Å². The summed E-state index contributed by atoms with van der Waals surface area (Å²) in [6.45, 7) is 3.55. The second-order valence-electron chi connectivity index (χ2n) is 11.0. The zero-order valence-electron chi connectivity index (χ0n) is 24.5. The number of phosphoric acid groups is 1. The number of hydrogen-bond donors (Lipinski definition) is 5. The van der Waals surface area contributed by atoms with Crippen LogP contribution in [0.1, 0.15) is 34.7 Å². The van der Waals surface area contributed by atoms with Crippen LogP contribution in [0, 0.1) is 24.7 Å². The summed E-state index contributed by atoms with van der Waals surface area (Å²) in [6, 6.07) is 22.4. The number of nitrogens with one attached hydrogen (secondary N) is 2. The fraction of sp³-hybridized carbons (Fsp3) is 0.303. The Hall–Kier alpha value is -3.78. The number of carbonyl (C=O) groups excluding carboxylic acids is 1. The Labute approximate surface area is 256 Å². The van der Waals surface area contributed by atoms with Crippen LogP contribution in [0.4, 0.5) is 0 Å². The number of amides is 1. The third-order valence-electron chi connectivity index (χ3n) is 7.64. The molecule has 4 aromatic rings. The third kappa shape index (κ3) is 8.03. The van der Waals surface area contributed by atoms with E-state index in [9.17, 15) is 24.3 Å². The smallest absolute Gasteiger partial charge is 0.391 e. The van der Waals surface area contributed by atoms with E-state index in [1.807, 2.05) is 85.9 Å². The molecule has 0 bridgehead atoms. The van der Waals surface area contributed by atoms with Gasteiger partial charge in [-0.05, 0) is 61.7 Å². The normalized spacial score (nSPS) is 19.4. The topological polar surface area (TPSA) is 144 Å². The lowest BCUT2D eigenvalue weighted by Gasteiger charge is -2.25. The van der Waals surface area contributed by atoms with Crippen LogP contribution in [-0.2, 0) is 31.7 Å². The second-order valence-corrected chi connectivity index (χ2v) is 12.2. The average molecular weight is 618 g/mol. The van der Waals surface area contributed by atoms with Gasteiger partial charge in [0.05, 0.1) is 19.3 Å². The summed E-state index contributed by atoms with van der Waals surface area (Å²) in [5, 5.41) is 16.0. The van der Waals surface area contributed by atoms with Crippen molar-refractivity contribution >= 4 is 24.6 Å². The number of phosphoric ester groups is 1. The fourth-order valence-corrected chi connectivity index (χ4v) is 5.75. The Morgan fingerprint density at radius 1 is 1.07 bits per heavy atom. The van der Waals surface area contributed by atoms with Crippen LogP contribution in [0.15, 0.2) is 79.0 Å². The van der Waals surface area contributed by atoms with Crippen molar-refractivity contribution in [3.8, 4) is 11.8 Å². The minimum atomic E-state index is -4.84. The van der Waals surface area contributed by atoms with Gasteiger partial charge < -0.3 is 25.2 Å². The first-order chi connectivity index (χ1) is 21.1. The van der Waals surface area contributed by atoms with E-state index in [2.05, 4.69) is 22.1 Å². The SMILES string of the molecule is Cc1ccc(C#Cc2ccc(CN3O[C@@H](C(C)O)[C@@H](COP(=O)(O)O)[C@H]3C(=O)NCCc3c[nH]c4ccccc34)cc2)cc1. The lowest BCUT2D eigenvalue weighted by atomic mass is 9.92. The number of aliphatic hydroxyl groups excluding tert-OH is 1. The third-order valence-corrected chi connectivity index (χ3v) is 8.12. The van der Waals surface area contributed by atoms with E-state index in [0.717, 1.165) is 33.2 Å². The number of carbonyl (C=O) groups is 1. The number of aryl methyl sites for hydroxylation is 1. The van der Waals surface area contributed by atoms with Crippen molar-refractivity contribution in [2.24, 2.45) is 5.92 Å². The van der Waals surface area contributed by atoms with Gasteiger partial charge in [-0.3, -0.25) is 14.2 Å². The number of aliphatic hydroxyl groups is 1. The molecule has 1 amide bonds. The highest BCUT2D eigenvalue weighted by Gasteiger charge is 2.49. The zero-order chi connectivity index (χ0) is 31.3. The molecule has 10 nitrogen and oxygen atoms in total. The van der Waals surface area contributed by atoms with Crippen LogP contribution in [0.25, 0.3) is 10.9 Å². The summed E-state index contributed by atoms with van der Waals surface area (Å²) in [5.41, 5.74) is 5.77. The fourth-order valence-electron chi connectivity index (χ4n) is 5.39. The number of fused-ring (bicyclic) bond motifs is 1. The molecule has 1 saturated heterocycles. The maximum atomic E-state index is 13.6. The molecule has 1 unspecified atom stereocenters.